The van der Waals surface area contributed by atoms with E-state index in [2.05, 4.69) is 10.6 Å². The van der Waals surface area contributed by atoms with E-state index in [9.17, 15) is 9.59 Å². The van der Waals surface area contributed by atoms with Crippen LogP contribution in [-0.2, 0) is 27.3 Å². The Labute approximate surface area is 143 Å². The number of carbonyl (C=O) groups excluding carboxylic acids is 1. The molecule has 0 radical (unpaired) electrons. The molecule has 24 heavy (non-hydrogen) atoms. The highest BCUT2D eigenvalue weighted by Crippen LogP contribution is 2.27. The summed E-state index contributed by atoms with van der Waals surface area (Å²) in [7, 11) is 1.82. The van der Waals surface area contributed by atoms with Crippen LogP contribution in [0.5, 0.6) is 0 Å². The van der Waals surface area contributed by atoms with Gasteiger partial charge in [-0.15, -0.1) is 0 Å². The van der Waals surface area contributed by atoms with E-state index in [-0.39, 0.29) is 18.9 Å². The van der Waals surface area contributed by atoms with Crippen LogP contribution in [0.3, 0.4) is 0 Å². The third-order valence-electron chi connectivity index (χ3n) is 3.66. The monoisotopic (exact) mass is 336 g/mol. The Morgan fingerprint density at radius 3 is 2.25 bits per heavy atom. The minimum Gasteiger partial charge on any atom is -0.481 e. The molecule has 6 nitrogen and oxygen atoms in total. The lowest BCUT2D eigenvalue weighted by Crippen LogP contribution is -2.31. The predicted molar refractivity (Wildman–Crippen MR) is 94.4 cm³/mol. The van der Waals surface area contributed by atoms with Gasteiger partial charge in [0.25, 0.3) is 0 Å². The number of hydrogen-bond acceptors (Lipinski definition) is 5. The highest BCUT2D eigenvalue weighted by atomic mass is 16.6. The van der Waals surface area contributed by atoms with E-state index in [1.807, 2.05) is 47.7 Å². The van der Waals surface area contributed by atoms with Crippen LogP contribution in [-0.4, -0.2) is 36.2 Å². The third kappa shape index (κ3) is 5.85. The molecule has 0 atom stereocenters. The van der Waals surface area contributed by atoms with Gasteiger partial charge in [0.1, 0.15) is 5.60 Å². The fourth-order valence-corrected chi connectivity index (χ4v) is 2.61. The molecule has 0 saturated heterocycles. The van der Waals surface area contributed by atoms with Crippen molar-refractivity contribution in [1.29, 1.82) is 0 Å². The van der Waals surface area contributed by atoms with Crippen molar-refractivity contribution in [2.24, 2.45) is 0 Å². The number of esters is 1. The van der Waals surface area contributed by atoms with Crippen LogP contribution in [0.4, 0.5) is 5.69 Å². The molecule has 0 bridgehead atoms. The maximum Gasteiger partial charge on any atom is 0.320 e. The fourth-order valence-electron chi connectivity index (χ4n) is 2.61. The van der Waals surface area contributed by atoms with Gasteiger partial charge in [0.2, 0.25) is 0 Å². The first-order valence-corrected chi connectivity index (χ1v) is 7.99. The van der Waals surface area contributed by atoms with Crippen molar-refractivity contribution in [1.82, 2.24) is 5.32 Å². The zero-order valence-corrected chi connectivity index (χ0v) is 15.4. The zero-order valence-electron chi connectivity index (χ0n) is 15.4. The molecule has 0 saturated carbocycles. The summed E-state index contributed by atoms with van der Waals surface area (Å²) in [5.41, 5.74) is 4.14. The maximum atomic E-state index is 11.7. The van der Waals surface area contributed by atoms with Crippen LogP contribution < -0.4 is 10.6 Å². The lowest BCUT2D eigenvalue weighted by Gasteiger charge is -2.20. The van der Waals surface area contributed by atoms with Gasteiger partial charge in [-0.1, -0.05) is 6.07 Å². The number of carbonyl (C=O) groups is 2. The van der Waals surface area contributed by atoms with Gasteiger partial charge in [0, 0.05) is 19.3 Å². The van der Waals surface area contributed by atoms with Gasteiger partial charge in [-0.3, -0.25) is 9.59 Å². The zero-order chi connectivity index (χ0) is 18.5. The Balaban J connectivity index is 2.87. The molecule has 6 heteroatoms. The highest BCUT2D eigenvalue weighted by Gasteiger charge is 2.17. The molecule has 1 aromatic rings. The highest BCUT2D eigenvalue weighted by molar-refractivity contribution is 5.74. The van der Waals surface area contributed by atoms with Crippen molar-refractivity contribution < 1.29 is 19.4 Å². The molecule has 0 aliphatic rings. The minimum atomic E-state index is -0.864. The summed E-state index contributed by atoms with van der Waals surface area (Å²) in [5.74, 6) is -1.18. The van der Waals surface area contributed by atoms with Gasteiger partial charge in [-0.05, 0) is 56.9 Å². The molecule has 0 unspecified atom stereocenters. The summed E-state index contributed by atoms with van der Waals surface area (Å²) in [6.45, 7) is 9.94. The van der Waals surface area contributed by atoms with Gasteiger partial charge in [-0.2, -0.15) is 0 Å². The van der Waals surface area contributed by atoms with Crippen LogP contribution in [0.15, 0.2) is 6.07 Å². The molecule has 1 aromatic carbocycles. The topological polar surface area (TPSA) is 87.7 Å². The van der Waals surface area contributed by atoms with Gasteiger partial charge in [0.15, 0.2) is 0 Å². The average Bonchev–Trinajstić information content (AvgIpc) is 2.42. The van der Waals surface area contributed by atoms with Crippen LogP contribution >= 0.6 is 0 Å². The van der Waals surface area contributed by atoms with Crippen molar-refractivity contribution in [2.75, 3.05) is 18.9 Å². The average molecular weight is 336 g/mol. The minimum absolute atomic E-state index is 0.0279. The second kappa shape index (κ2) is 8.15. The molecular formula is C18H28N2O4. The first-order valence-electron chi connectivity index (χ1n) is 7.99. The first-order chi connectivity index (χ1) is 11.0. The molecule has 0 aliphatic heterocycles. The van der Waals surface area contributed by atoms with E-state index >= 15 is 0 Å². The molecule has 1 rings (SSSR count). The van der Waals surface area contributed by atoms with Crippen LogP contribution in [0.2, 0.25) is 0 Å². The largest absolute Gasteiger partial charge is 0.481 e. The van der Waals surface area contributed by atoms with Crippen molar-refractivity contribution in [3.8, 4) is 0 Å². The van der Waals surface area contributed by atoms with Crippen molar-refractivity contribution in [3.63, 3.8) is 0 Å². The molecule has 0 fully saturated rings. The lowest BCUT2D eigenvalue weighted by atomic mass is 9.95. The Hall–Kier alpha value is -2.08. The Morgan fingerprint density at radius 2 is 1.75 bits per heavy atom. The number of aliphatic carboxylic acids is 1. The SMILES string of the molecule is CNc1c(C)c(CNCC(=O)OC(C)(C)C)cc(CC(=O)O)c1C. The fraction of sp³-hybridized carbons (Fsp3) is 0.556. The summed E-state index contributed by atoms with van der Waals surface area (Å²) < 4.78 is 5.25. The number of hydrogen-bond donors (Lipinski definition) is 3. The molecule has 0 spiro atoms. The number of rotatable bonds is 7. The Morgan fingerprint density at radius 1 is 1.17 bits per heavy atom. The standard InChI is InChI=1S/C18H28N2O4/c1-11-13(8-15(21)22)7-14(12(2)17(11)19-6)9-20-10-16(23)24-18(3,4)5/h7,19-20H,8-10H2,1-6H3,(H,21,22). The summed E-state index contributed by atoms with van der Waals surface area (Å²) in [5, 5.41) is 15.3. The van der Waals surface area contributed by atoms with Gasteiger partial charge < -0.3 is 20.5 Å². The summed E-state index contributed by atoms with van der Waals surface area (Å²) >= 11 is 0. The number of carboxylic acids is 1. The van der Waals surface area contributed by atoms with E-state index in [4.69, 9.17) is 9.84 Å². The molecule has 0 amide bonds. The van der Waals surface area contributed by atoms with Crippen LogP contribution in [0.25, 0.3) is 0 Å². The van der Waals surface area contributed by atoms with Crippen LogP contribution in [0.1, 0.15) is 43.0 Å². The molecule has 0 aromatic heterocycles. The maximum absolute atomic E-state index is 11.7. The van der Waals surface area contributed by atoms with Gasteiger partial charge >= 0.3 is 11.9 Å². The lowest BCUT2D eigenvalue weighted by molar-refractivity contribution is -0.153. The van der Waals surface area contributed by atoms with E-state index in [0.717, 1.165) is 27.9 Å². The summed E-state index contributed by atoms with van der Waals surface area (Å²) in [6, 6.07) is 1.89. The number of benzene rings is 1. The predicted octanol–water partition coefficient (Wildman–Crippen LogP) is 2.40. The van der Waals surface area contributed by atoms with E-state index in [1.165, 1.54) is 0 Å². The Kier molecular flexibility index (Phi) is 6.78. The normalized spacial score (nSPS) is 11.2. The smallest absolute Gasteiger partial charge is 0.320 e. The molecule has 0 heterocycles. The van der Waals surface area contributed by atoms with Crippen molar-refractivity contribution in [3.05, 3.63) is 28.3 Å². The molecule has 0 aliphatic carbocycles. The van der Waals surface area contributed by atoms with Crippen LogP contribution in [0, 0.1) is 13.8 Å². The van der Waals surface area contributed by atoms with E-state index < -0.39 is 11.6 Å². The summed E-state index contributed by atoms with van der Waals surface area (Å²) in [6.07, 6.45) is -0.0279. The first kappa shape index (κ1) is 20.0. The van der Waals surface area contributed by atoms with Crippen molar-refractivity contribution in [2.45, 2.75) is 53.2 Å². The third-order valence-corrected chi connectivity index (χ3v) is 3.66. The van der Waals surface area contributed by atoms with E-state index in [0.29, 0.717) is 6.54 Å². The summed E-state index contributed by atoms with van der Waals surface area (Å²) in [4.78, 5) is 22.8. The quantitative estimate of drug-likeness (QED) is 0.663. The number of carboxylic acid groups (broad SMARTS) is 1. The Bertz CT molecular complexity index is 618. The second-order valence-electron chi connectivity index (χ2n) is 6.83. The van der Waals surface area contributed by atoms with Gasteiger partial charge in [0.05, 0.1) is 13.0 Å². The van der Waals surface area contributed by atoms with Crippen molar-refractivity contribution >= 4 is 17.6 Å². The van der Waals surface area contributed by atoms with Gasteiger partial charge in [-0.25, -0.2) is 0 Å². The molecular weight excluding hydrogens is 308 g/mol. The molecule has 134 valence electrons. The second-order valence-corrected chi connectivity index (χ2v) is 6.83. The number of anilines is 1. The molecule has 3 N–H and O–H groups in total. The van der Waals surface area contributed by atoms with E-state index in [1.54, 1.807) is 0 Å². The number of ether oxygens (including phenoxy) is 1. The number of nitrogens with one attached hydrogen (secondary N) is 2.